The van der Waals surface area contributed by atoms with E-state index in [1.165, 1.54) is 13.0 Å². The first kappa shape index (κ1) is 12.9. The summed E-state index contributed by atoms with van der Waals surface area (Å²) in [6, 6.07) is 2.51. The van der Waals surface area contributed by atoms with Gasteiger partial charge in [0.25, 0.3) is 6.43 Å². The van der Waals surface area contributed by atoms with Gasteiger partial charge in [-0.15, -0.1) is 0 Å². The summed E-state index contributed by atoms with van der Waals surface area (Å²) in [4.78, 5) is 11.3. The van der Waals surface area contributed by atoms with Gasteiger partial charge in [0.05, 0.1) is 11.6 Å². The molecule has 0 saturated carbocycles. The normalized spacial score (nSPS) is 10.6. The van der Waals surface area contributed by atoms with Crippen LogP contribution in [0.25, 0.3) is 0 Å². The fourth-order valence-electron chi connectivity index (χ4n) is 1.38. The van der Waals surface area contributed by atoms with Crippen molar-refractivity contribution in [2.75, 3.05) is 6.61 Å². The lowest BCUT2D eigenvalue weighted by Crippen LogP contribution is -2.04. The van der Waals surface area contributed by atoms with E-state index in [-0.39, 0.29) is 21.9 Å². The maximum atomic E-state index is 12.6. The Morgan fingerprint density at radius 3 is 2.56 bits per heavy atom. The summed E-state index contributed by atoms with van der Waals surface area (Å²) in [5, 5.41) is -0.0489. The molecule has 0 heterocycles. The van der Waals surface area contributed by atoms with Crippen molar-refractivity contribution in [1.29, 1.82) is 0 Å². The van der Waals surface area contributed by atoms with Gasteiger partial charge in [-0.1, -0.05) is 11.6 Å². The zero-order valence-electron chi connectivity index (χ0n) is 8.89. The van der Waals surface area contributed by atoms with E-state index in [1.807, 2.05) is 0 Å². The van der Waals surface area contributed by atoms with Crippen molar-refractivity contribution in [1.82, 2.24) is 0 Å². The fourth-order valence-corrected chi connectivity index (χ4v) is 1.74. The Morgan fingerprint density at radius 1 is 1.50 bits per heavy atom. The lowest BCUT2D eigenvalue weighted by Gasteiger charge is -2.12. The number of Topliss-reactive ketones (excluding diaryl/α,β-unsaturated/α-hetero) is 1. The monoisotopic (exact) mass is 248 g/mol. The molecule has 16 heavy (non-hydrogen) atoms. The van der Waals surface area contributed by atoms with E-state index >= 15 is 0 Å². The summed E-state index contributed by atoms with van der Waals surface area (Å²) < 4.78 is 30.4. The molecular formula is C11H11ClF2O2. The fraction of sp³-hybridized carbons (Fsp3) is 0.364. The predicted octanol–water partition coefficient (Wildman–Crippen LogP) is 3.88. The van der Waals surface area contributed by atoms with Crippen LogP contribution in [0.3, 0.4) is 0 Å². The topological polar surface area (TPSA) is 26.3 Å². The van der Waals surface area contributed by atoms with Crippen molar-refractivity contribution in [3.05, 3.63) is 28.3 Å². The van der Waals surface area contributed by atoms with Gasteiger partial charge in [0.15, 0.2) is 5.78 Å². The smallest absolute Gasteiger partial charge is 0.264 e. The largest absolute Gasteiger partial charge is 0.492 e. The van der Waals surface area contributed by atoms with Crippen LogP contribution in [0.15, 0.2) is 12.1 Å². The van der Waals surface area contributed by atoms with Crippen molar-refractivity contribution in [2.24, 2.45) is 0 Å². The number of hydrogen-bond donors (Lipinski definition) is 0. The average Bonchev–Trinajstić information content (AvgIpc) is 2.20. The van der Waals surface area contributed by atoms with Crippen LogP contribution >= 0.6 is 11.6 Å². The lowest BCUT2D eigenvalue weighted by atomic mass is 10.0. The molecule has 5 heteroatoms. The summed E-state index contributed by atoms with van der Waals surface area (Å²) in [5.41, 5.74) is -0.524. The number of carbonyl (C=O) groups excluding carboxylic acids is 1. The second kappa shape index (κ2) is 5.25. The second-order valence-corrected chi connectivity index (χ2v) is 3.51. The van der Waals surface area contributed by atoms with Crippen LogP contribution < -0.4 is 4.74 Å². The molecule has 0 atom stereocenters. The molecule has 88 valence electrons. The number of rotatable bonds is 4. The summed E-state index contributed by atoms with van der Waals surface area (Å²) in [5.74, 6) is -0.249. The van der Waals surface area contributed by atoms with Crippen LogP contribution in [0.1, 0.15) is 36.2 Å². The van der Waals surface area contributed by atoms with E-state index < -0.39 is 12.2 Å². The third kappa shape index (κ3) is 2.50. The van der Waals surface area contributed by atoms with Gasteiger partial charge in [0, 0.05) is 11.1 Å². The van der Waals surface area contributed by atoms with Gasteiger partial charge < -0.3 is 4.74 Å². The molecule has 1 aromatic carbocycles. The van der Waals surface area contributed by atoms with Gasteiger partial charge in [0.1, 0.15) is 5.75 Å². The molecule has 0 spiro atoms. The Hall–Kier alpha value is -1.16. The Bertz CT molecular complexity index is 405. The van der Waals surface area contributed by atoms with Gasteiger partial charge >= 0.3 is 0 Å². The molecule has 0 aliphatic carbocycles. The van der Waals surface area contributed by atoms with E-state index in [1.54, 1.807) is 6.92 Å². The molecule has 0 unspecified atom stereocenters. The lowest BCUT2D eigenvalue weighted by molar-refractivity contribution is 0.0998. The minimum Gasteiger partial charge on any atom is -0.492 e. The van der Waals surface area contributed by atoms with E-state index in [0.29, 0.717) is 6.61 Å². The molecule has 0 amide bonds. The van der Waals surface area contributed by atoms with Gasteiger partial charge in [-0.25, -0.2) is 8.78 Å². The van der Waals surface area contributed by atoms with E-state index in [2.05, 4.69) is 0 Å². The van der Waals surface area contributed by atoms with Crippen LogP contribution in [-0.4, -0.2) is 12.4 Å². The van der Waals surface area contributed by atoms with E-state index in [9.17, 15) is 13.6 Å². The zero-order chi connectivity index (χ0) is 12.3. The number of ketones is 1. The summed E-state index contributed by atoms with van der Waals surface area (Å²) in [6.45, 7) is 3.29. The molecule has 0 saturated heterocycles. The Kier molecular flexibility index (Phi) is 4.24. The highest BCUT2D eigenvalue weighted by molar-refractivity contribution is 6.35. The van der Waals surface area contributed by atoms with Crippen LogP contribution in [0, 0.1) is 0 Å². The highest BCUT2D eigenvalue weighted by atomic mass is 35.5. The highest BCUT2D eigenvalue weighted by Crippen LogP contribution is 2.35. The van der Waals surface area contributed by atoms with E-state index in [0.717, 1.165) is 6.07 Å². The van der Waals surface area contributed by atoms with Crippen LogP contribution in [0.5, 0.6) is 5.75 Å². The number of alkyl halides is 2. The molecule has 0 N–H and O–H groups in total. The maximum absolute atomic E-state index is 12.6. The van der Waals surface area contributed by atoms with Crippen LogP contribution in [-0.2, 0) is 0 Å². The molecule has 0 aliphatic rings. The van der Waals surface area contributed by atoms with Gasteiger partial charge in [0.2, 0.25) is 0 Å². The van der Waals surface area contributed by atoms with Crippen LogP contribution in [0.4, 0.5) is 8.78 Å². The Balaban J connectivity index is 3.36. The van der Waals surface area contributed by atoms with E-state index in [4.69, 9.17) is 16.3 Å². The first-order chi connectivity index (χ1) is 7.49. The second-order valence-electron chi connectivity index (χ2n) is 3.13. The zero-order valence-corrected chi connectivity index (χ0v) is 9.65. The molecular weight excluding hydrogens is 238 g/mol. The van der Waals surface area contributed by atoms with Crippen LogP contribution in [0.2, 0.25) is 5.02 Å². The number of benzene rings is 1. The molecule has 1 rings (SSSR count). The van der Waals surface area contributed by atoms with Crippen molar-refractivity contribution in [3.63, 3.8) is 0 Å². The Morgan fingerprint density at radius 2 is 2.12 bits per heavy atom. The molecule has 0 fully saturated rings. The summed E-state index contributed by atoms with van der Waals surface area (Å²) >= 11 is 5.85. The average molecular weight is 249 g/mol. The quantitative estimate of drug-likeness (QED) is 0.756. The van der Waals surface area contributed by atoms with Crippen molar-refractivity contribution in [3.8, 4) is 5.75 Å². The third-order valence-electron chi connectivity index (χ3n) is 2.03. The molecule has 2 nitrogen and oxygen atoms in total. The standard InChI is InChI=1S/C11H11ClF2O2/c1-3-16-8-5-4-7(11(13)14)9(6(2)15)10(8)12/h4-5,11H,3H2,1-2H3. The maximum Gasteiger partial charge on any atom is 0.264 e. The molecule has 0 aliphatic heterocycles. The number of carbonyl (C=O) groups is 1. The molecule has 0 aromatic heterocycles. The first-order valence-electron chi connectivity index (χ1n) is 4.73. The number of ether oxygens (including phenoxy) is 1. The minimum atomic E-state index is -2.73. The van der Waals surface area contributed by atoms with Crippen molar-refractivity contribution >= 4 is 17.4 Å². The van der Waals surface area contributed by atoms with Crippen molar-refractivity contribution < 1.29 is 18.3 Å². The first-order valence-corrected chi connectivity index (χ1v) is 5.11. The summed E-state index contributed by atoms with van der Waals surface area (Å²) in [7, 11) is 0. The van der Waals surface area contributed by atoms with Gasteiger partial charge in [-0.2, -0.15) is 0 Å². The molecule has 0 bridgehead atoms. The van der Waals surface area contributed by atoms with Gasteiger partial charge in [-0.3, -0.25) is 4.79 Å². The molecule has 0 radical (unpaired) electrons. The SMILES string of the molecule is CCOc1ccc(C(F)F)c(C(C)=O)c1Cl. The molecule has 1 aromatic rings. The highest BCUT2D eigenvalue weighted by Gasteiger charge is 2.21. The Labute approximate surface area is 97.2 Å². The predicted molar refractivity (Wildman–Crippen MR) is 57.6 cm³/mol. The summed E-state index contributed by atoms with van der Waals surface area (Å²) in [6.07, 6.45) is -2.73. The number of hydrogen-bond acceptors (Lipinski definition) is 2. The van der Waals surface area contributed by atoms with Gasteiger partial charge in [-0.05, 0) is 26.0 Å². The third-order valence-corrected chi connectivity index (χ3v) is 2.40. The van der Waals surface area contributed by atoms with Crippen molar-refractivity contribution in [2.45, 2.75) is 20.3 Å². The minimum absolute atomic E-state index is 0.0489. The number of halogens is 3.